The lowest BCUT2D eigenvalue weighted by molar-refractivity contribution is 0.534. The number of rotatable bonds is 4. The van der Waals surface area contributed by atoms with E-state index < -0.39 is 15.8 Å². The second-order valence-electron chi connectivity index (χ2n) is 2.91. The van der Waals surface area contributed by atoms with Gasteiger partial charge in [-0.2, -0.15) is 0 Å². The molecule has 0 fully saturated rings. The molecule has 0 heterocycles. The van der Waals surface area contributed by atoms with Gasteiger partial charge in [0.1, 0.15) is 0 Å². The largest absolute Gasteiger partial charge is 0.330 e. The Labute approximate surface area is 82.7 Å². The minimum atomic E-state index is -3.75. The SMILES string of the molecule is NCCc1cccc(S(=O)(=O)CF)c1. The summed E-state index contributed by atoms with van der Waals surface area (Å²) in [5.41, 5.74) is 6.14. The zero-order valence-electron chi connectivity index (χ0n) is 7.61. The summed E-state index contributed by atoms with van der Waals surface area (Å²) < 4.78 is 34.5. The molecular formula is C9H12FNO2S. The first kappa shape index (κ1) is 11.1. The van der Waals surface area contributed by atoms with Gasteiger partial charge < -0.3 is 5.73 Å². The van der Waals surface area contributed by atoms with Gasteiger partial charge in [-0.1, -0.05) is 12.1 Å². The van der Waals surface area contributed by atoms with E-state index in [2.05, 4.69) is 0 Å². The zero-order chi connectivity index (χ0) is 10.6. The van der Waals surface area contributed by atoms with Gasteiger partial charge in [-0.25, -0.2) is 12.8 Å². The highest BCUT2D eigenvalue weighted by atomic mass is 32.2. The van der Waals surface area contributed by atoms with Gasteiger partial charge in [0, 0.05) is 0 Å². The van der Waals surface area contributed by atoms with Crippen molar-refractivity contribution >= 4 is 9.84 Å². The summed E-state index contributed by atoms with van der Waals surface area (Å²) in [7, 11) is -3.75. The maximum Gasteiger partial charge on any atom is 0.207 e. The second kappa shape index (κ2) is 4.52. The Morgan fingerprint density at radius 3 is 2.64 bits per heavy atom. The third-order valence-electron chi connectivity index (χ3n) is 1.83. The molecule has 3 nitrogen and oxygen atoms in total. The Kier molecular flexibility index (Phi) is 3.60. The van der Waals surface area contributed by atoms with E-state index in [1.807, 2.05) is 0 Å². The first-order valence-electron chi connectivity index (χ1n) is 4.18. The van der Waals surface area contributed by atoms with Crippen LogP contribution in [0.15, 0.2) is 29.2 Å². The van der Waals surface area contributed by atoms with E-state index in [9.17, 15) is 12.8 Å². The third-order valence-corrected chi connectivity index (χ3v) is 3.09. The Morgan fingerprint density at radius 2 is 2.07 bits per heavy atom. The molecule has 0 aromatic heterocycles. The molecule has 0 saturated heterocycles. The van der Waals surface area contributed by atoms with Crippen LogP contribution in [0.5, 0.6) is 0 Å². The van der Waals surface area contributed by atoms with Crippen LogP contribution < -0.4 is 5.73 Å². The van der Waals surface area contributed by atoms with Crippen LogP contribution in [-0.4, -0.2) is 21.0 Å². The predicted molar refractivity (Wildman–Crippen MR) is 52.4 cm³/mol. The first-order valence-corrected chi connectivity index (χ1v) is 5.83. The normalized spacial score (nSPS) is 11.6. The van der Waals surface area contributed by atoms with Gasteiger partial charge in [-0.3, -0.25) is 0 Å². The van der Waals surface area contributed by atoms with Gasteiger partial charge in [0.05, 0.1) is 4.90 Å². The lowest BCUT2D eigenvalue weighted by Crippen LogP contribution is -2.06. The summed E-state index contributed by atoms with van der Waals surface area (Å²) in [6.07, 6.45) is 0.593. The van der Waals surface area contributed by atoms with Crippen molar-refractivity contribution in [3.05, 3.63) is 29.8 Å². The number of halogens is 1. The van der Waals surface area contributed by atoms with Crippen LogP contribution in [0.1, 0.15) is 5.56 Å². The minimum absolute atomic E-state index is 0.0194. The van der Waals surface area contributed by atoms with Crippen molar-refractivity contribution in [3.63, 3.8) is 0 Å². The van der Waals surface area contributed by atoms with Crippen molar-refractivity contribution in [2.75, 3.05) is 12.6 Å². The fourth-order valence-corrected chi connectivity index (χ4v) is 1.87. The van der Waals surface area contributed by atoms with Crippen molar-refractivity contribution < 1.29 is 12.8 Å². The van der Waals surface area contributed by atoms with Crippen molar-refractivity contribution in [2.45, 2.75) is 11.3 Å². The van der Waals surface area contributed by atoms with Crippen LogP contribution >= 0.6 is 0 Å². The molecule has 0 atom stereocenters. The van der Waals surface area contributed by atoms with Gasteiger partial charge >= 0.3 is 0 Å². The van der Waals surface area contributed by atoms with Gasteiger partial charge in [-0.15, -0.1) is 0 Å². The zero-order valence-corrected chi connectivity index (χ0v) is 8.43. The Balaban J connectivity index is 3.06. The topological polar surface area (TPSA) is 60.2 Å². The van der Waals surface area contributed by atoms with Crippen LogP contribution in [0.4, 0.5) is 4.39 Å². The predicted octanol–water partition coefficient (Wildman–Crippen LogP) is 0.889. The third kappa shape index (κ3) is 2.52. The number of nitrogens with two attached hydrogens (primary N) is 1. The molecule has 0 unspecified atom stereocenters. The average Bonchev–Trinajstić information content (AvgIpc) is 2.19. The standard InChI is InChI=1S/C9H12FNO2S/c10-7-14(12,13)9-3-1-2-8(6-9)4-5-11/h1-3,6H,4-5,7,11H2. The summed E-state index contributed by atoms with van der Waals surface area (Å²) >= 11 is 0. The molecule has 0 aliphatic rings. The second-order valence-corrected chi connectivity index (χ2v) is 4.83. The summed E-state index contributed by atoms with van der Waals surface area (Å²) in [6, 6.07) is 4.84. The van der Waals surface area contributed by atoms with Gasteiger partial charge in [-0.05, 0) is 30.7 Å². The van der Waals surface area contributed by atoms with E-state index in [0.29, 0.717) is 13.0 Å². The van der Waals surface area contributed by atoms with Gasteiger partial charge in [0.25, 0.3) is 0 Å². The molecule has 1 aromatic carbocycles. The molecular weight excluding hydrogens is 205 g/mol. The first-order chi connectivity index (χ1) is 6.60. The maximum absolute atomic E-state index is 12.2. The van der Waals surface area contributed by atoms with Crippen molar-refractivity contribution in [2.24, 2.45) is 5.73 Å². The Morgan fingerprint density at radius 1 is 1.36 bits per heavy atom. The summed E-state index contributed by atoms with van der Waals surface area (Å²) in [5.74, 6) is 0. The molecule has 78 valence electrons. The minimum Gasteiger partial charge on any atom is -0.330 e. The molecule has 0 aliphatic carbocycles. The quantitative estimate of drug-likeness (QED) is 0.814. The molecule has 1 aromatic rings. The lowest BCUT2D eigenvalue weighted by atomic mass is 10.2. The number of benzene rings is 1. The highest BCUT2D eigenvalue weighted by molar-refractivity contribution is 7.91. The molecule has 0 aliphatic heterocycles. The maximum atomic E-state index is 12.2. The van der Waals surface area contributed by atoms with Gasteiger partial charge in [0.15, 0.2) is 6.01 Å². The smallest absolute Gasteiger partial charge is 0.207 e. The summed E-state index contributed by atoms with van der Waals surface area (Å²) in [4.78, 5) is 0.0194. The monoisotopic (exact) mass is 217 g/mol. The van der Waals surface area contributed by atoms with Crippen LogP contribution in [0.3, 0.4) is 0 Å². The highest BCUT2D eigenvalue weighted by Gasteiger charge is 2.13. The Bertz CT molecular complexity index is 403. The van der Waals surface area contributed by atoms with E-state index in [0.717, 1.165) is 5.56 Å². The molecule has 1 rings (SSSR count). The number of hydrogen-bond donors (Lipinski definition) is 1. The van der Waals surface area contributed by atoms with Crippen LogP contribution in [-0.2, 0) is 16.3 Å². The molecule has 0 radical (unpaired) electrons. The number of alkyl halides is 1. The van der Waals surface area contributed by atoms with E-state index >= 15 is 0 Å². The van der Waals surface area contributed by atoms with Gasteiger partial charge in [0.2, 0.25) is 9.84 Å². The fraction of sp³-hybridized carbons (Fsp3) is 0.333. The number of hydrogen-bond acceptors (Lipinski definition) is 3. The van der Waals surface area contributed by atoms with Crippen LogP contribution in [0, 0.1) is 0 Å². The summed E-state index contributed by atoms with van der Waals surface area (Å²) in [6.45, 7) is 0.444. The Hall–Kier alpha value is -0.940. The van der Waals surface area contributed by atoms with E-state index in [1.54, 1.807) is 12.1 Å². The van der Waals surface area contributed by atoms with E-state index in [4.69, 9.17) is 5.73 Å². The van der Waals surface area contributed by atoms with Crippen molar-refractivity contribution in [1.82, 2.24) is 0 Å². The molecule has 0 amide bonds. The highest BCUT2D eigenvalue weighted by Crippen LogP contribution is 2.13. The number of sulfone groups is 1. The van der Waals surface area contributed by atoms with Crippen LogP contribution in [0.25, 0.3) is 0 Å². The molecule has 0 spiro atoms. The molecule has 14 heavy (non-hydrogen) atoms. The lowest BCUT2D eigenvalue weighted by Gasteiger charge is -2.02. The molecule has 5 heteroatoms. The molecule has 2 N–H and O–H groups in total. The molecule has 0 saturated carbocycles. The molecule has 0 bridgehead atoms. The fourth-order valence-electron chi connectivity index (χ4n) is 1.12. The van der Waals surface area contributed by atoms with E-state index in [1.165, 1.54) is 12.1 Å². The average molecular weight is 217 g/mol. The van der Waals surface area contributed by atoms with Crippen LogP contribution in [0.2, 0.25) is 0 Å². The van der Waals surface area contributed by atoms with E-state index in [-0.39, 0.29) is 4.90 Å². The summed E-state index contributed by atoms with van der Waals surface area (Å²) in [5, 5.41) is 0. The van der Waals surface area contributed by atoms with Crippen molar-refractivity contribution in [1.29, 1.82) is 0 Å². The van der Waals surface area contributed by atoms with Crippen molar-refractivity contribution in [3.8, 4) is 0 Å².